The van der Waals surface area contributed by atoms with Crippen LogP contribution in [0.1, 0.15) is 264 Å². The van der Waals surface area contributed by atoms with E-state index in [1.165, 1.54) is 63.8 Å². The Balaban J connectivity index is 0.000000121. The second-order valence-corrected chi connectivity index (χ2v) is 39.4. The van der Waals surface area contributed by atoms with Gasteiger partial charge in [-0.05, 0) is 265 Å². The van der Waals surface area contributed by atoms with Gasteiger partial charge in [-0.1, -0.05) is 101 Å². The predicted octanol–water partition coefficient (Wildman–Crippen LogP) is 23.8. The quantitative estimate of drug-likeness (QED) is 0.0558. The third-order valence-corrected chi connectivity index (χ3v) is 28.8. The lowest BCUT2D eigenvalue weighted by Crippen LogP contribution is -2.39. The Kier molecular flexibility index (Phi) is 27.5. The van der Waals surface area contributed by atoms with E-state index in [2.05, 4.69) is 131 Å². The number of rotatable bonds is 15. The maximum absolute atomic E-state index is 10.5. The van der Waals surface area contributed by atoms with Gasteiger partial charge in [-0.2, -0.15) is 0 Å². The summed E-state index contributed by atoms with van der Waals surface area (Å²) >= 11 is 0. The Bertz CT molecular complexity index is 5660. The van der Waals surface area contributed by atoms with Gasteiger partial charge in [0.1, 0.15) is 143 Å². The molecule has 0 aromatic heterocycles. The predicted molar refractivity (Wildman–Crippen MR) is 513 cm³/mol. The van der Waals surface area contributed by atoms with Crippen molar-refractivity contribution < 1.29 is 97.0 Å². The van der Waals surface area contributed by atoms with E-state index in [4.69, 9.17) is 66.3 Å². The zero-order valence-electron chi connectivity index (χ0n) is 79.9. The lowest BCUT2D eigenvalue weighted by Gasteiger charge is -2.40. The van der Waals surface area contributed by atoms with Crippen LogP contribution in [0.25, 0.3) is 0 Å². The fourth-order valence-electron chi connectivity index (χ4n) is 21.4. The van der Waals surface area contributed by atoms with Crippen molar-refractivity contribution in [1.29, 1.82) is 0 Å². The molecular formula is C112H134O20. The Morgan fingerprint density at radius 1 is 0.303 bits per heavy atom. The molecule has 0 radical (unpaired) electrons. The molecule has 20 heteroatoms. The van der Waals surface area contributed by atoms with E-state index in [9.17, 15) is 30.6 Å². The van der Waals surface area contributed by atoms with Crippen LogP contribution in [0.4, 0.5) is 0 Å². The first-order chi connectivity index (χ1) is 63.4. The van der Waals surface area contributed by atoms with Gasteiger partial charge in [0.15, 0.2) is 0 Å². The molecule has 10 aromatic rings. The van der Waals surface area contributed by atoms with Gasteiger partial charge in [-0.3, -0.25) is 0 Å². The minimum absolute atomic E-state index is 0.0170. The molecule has 20 nitrogen and oxygen atoms in total. The normalized spacial score (nSPS) is 20.3. The fourth-order valence-corrected chi connectivity index (χ4v) is 21.4. The van der Waals surface area contributed by atoms with Crippen LogP contribution in [0.15, 0.2) is 140 Å². The number of aryl methyl sites for hydroxylation is 2. The standard InChI is InChI=1S/C25H32O4.C23H28O4.C22H26O4.C21H24O5.C21H24O3/c1-4-11-25(12-5-2)13-10-21-23(29-25)9-6-17-14-18(16-28-24(17)21)20-8-7-19(27-3)15-22(20)26;1-4-23(5-2)11-10-19-21(27-23)9-6-15-12-16(14-26-22(15)19)18-8-7-17(25-3)13-20(18)24;1-13-9-16(24-4)11-18(23)20(13)15-10-14-5-6-19-17(21(14)25-12-15)7-8-22(2,3)26-19;1-21(2)7-6-15-18(26-21)5-4-12-8-13(11-25-20(12)15)19-16(22)9-14(24-3)10-17(19)23;1-13-4-6-18(22)17(10-13)15-11-14-5-7-19-16(20(14)23-12-15)8-9-21(2,3)24-19/h6-9,15,18,26H,4-5,10-14,16H2,1-3H3;6-9,13,16,24H,4-5,10-12,14H2,1-3H3;5-6,9,11,15,23H,7-8,10,12H2,1-4H3;4-5,9-10,13,22-23H,6-8,11H2,1-3H3;4-7,10,15,22H,8-9,11-12H2,1-3H3. The van der Waals surface area contributed by atoms with Gasteiger partial charge >= 0.3 is 0 Å². The molecule has 702 valence electrons. The maximum Gasteiger partial charge on any atom is 0.129 e. The molecule has 20 rings (SSSR count). The Hall–Kier alpha value is -11.8. The summed E-state index contributed by atoms with van der Waals surface area (Å²) in [5.41, 5.74) is 17.9. The molecule has 0 aliphatic carbocycles. The van der Waals surface area contributed by atoms with Gasteiger partial charge in [0.25, 0.3) is 0 Å². The summed E-state index contributed by atoms with van der Waals surface area (Å²) in [5.74, 6) is 13.8. The Labute approximate surface area is 778 Å². The summed E-state index contributed by atoms with van der Waals surface area (Å²) in [6, 6.07) is 44.4. The number of ether oxygens (including phenoxy) is 14. The zero-order chi connectivity index (χ0) is 93.3. The van der Waals surface area contributed by atoms with Gasteiger partial charge in [-0.15, -0.1) is 0 Å². The number of aromatic hydroxyl groups is 6. The topological polar surface area (TPSA) is 251 Å². The lowest BCUT2D eigenvalue weighted by molar-refractivity contribution is 0.0264. The largest absolute Gasteiger partial charge is 0.508 e. The van der Waals surface area contributed by atoms with Crippen LogP contribution in [0.3, 0.4) is 0 Å². The molecule has 0 saturated heterocycles. The molecule has 0 saturated carbocycles. The molecule has 0 fully saturated rings. The van der Waals surface area contributed by atoms with Crippen molar-refractivity contribution in [1.82, 2.24) is 0 Å². The van der Waals surface area contributed by atoms with E-state index < -0.39 is 0 Å². The highest BCUT2D eigenvalue weighted by molar-refractivity contribution is 5.61. The average molecular weight is 1800 g/mol. The van der Waals surface area contributed by atoms with E-state index in [0.29, 0.717) is 73.8 Å². The average Bonchev–Trinajstić information content (AvgIpc) is 0.777. The minimum atomic E-state index is -0.154. The third-order valence-electron chi connectivity index (χ3n) is 28.8. The molecule has 0 spiro atoms. The van der Waals surface area contributed by atoms with Crippen molar-refractivity contribution in [2.75, 3.05) is 61.5 Å². The van der Waals surface area contributed by atoms with Gasteiger partial charge in [0.05, 0.1) is 61.5 Å². The molecule has 6 N–H and O–H groups in total. The van der Waals surface area contributed by atoms with Crippen molar-refractivity contribution >= 4 is 0 Å². The van der Waals surface area contributed by atoms with Crippen molar-refractivity contribution in [3.63, 3.8) is 0 Å². The second-order valence-electron chi connectivity index (χ2n) is 39.4. The molecule has 132 heavy (non-hydrogen) atoms. The molecule has 5 unspecified atom stereocenters. The second kappa shape index (κ2) is 38.8. The van der Waals surface area contributed by atoms with Crippen LogP contribution in [0.2, 0.25) is 0 Å². The molecule has 5 atom stereocenters. The maximum atomic E-state index is 10.5. The van der Waals surface area contributed by atoms with Crippen molar-refractivity contribution in [2.24, 2.45) is 0 Å². The monoisotopic (exact) mass is 1800 g/mol. The molecular weight excluding hydrogens is 1670 g/mol. The van der Waals surface area contributed by atoms with Crippen molar-refractivity contribution in [3.05, 3.63) is 234 Å². The number of methoxy groups -OCH3 is 4. The van der Waals surface area contributed by atoms with E-state index in [-0.39, 0.29) is 86.3 Å². The molecule has 10 aliphatic heterocycles. The SMILES string of the molecule is CCC1(CC)CCc2c(ccc3c2OCC(c2ccc(OC)cc2O)C3)O1.CCCC1(CCC)CCc2c(ccc3c2OCC(c2ccc(OC)cc2O)C3)O1.COc1cc(C)c(C2COc3c(ccc4c3CCC(C)(C)O4)C2)c(O)c1.COc1cc(O)c(C2COc3c(ccc4c3CCC(C)(C)O4)C2)c(O)c1.Cc1ccc(O)c(C2COc3c(ccc4c3CCC(C)(C)O4)C2)c1. The van der Waals surface area contributed by atoms with Crippen LogP contribution in [0, 0.1) is 13.8 Å². The van der Waals surface area contributed by atoms with Gasteiger partial charge in [0.2, 0.25) is 0 Å². The first-order valence-corrected chi connectivity index (χ1v) is 47.7. The highest BCUT2D eigenvalue weighted by atomic mass is 16.5. The fraction of sp³-hybridized carbons (Fsp3) is 0.464. The summed E-state index contributed by atoms with van der Waals surface area (Å²) < 4.78 is 83.0. The van der Waals surface area contributed by atoms with Crippen LogP contribution >= 0.6 is 0 Å². The van der Waals surface area contributed by atoms with Crippen LogP contribution in [0.5, 0.6) is 115 Å². The lowest BCUT2D eigenvalue weighted by atomic mass is 9.82. The Morgan fingerprint density at radius 3 is 0.970 bits per heavy atom. The smallest absolute Gasteiger partial charge is 0.129 e. The number of benzene rings is 10. The van der Waals surface area contributed by atoms with Crippen LogP contribution in [-0.2, 0) is 64.2 Å². The molecule has 10 heterocycles. The van der Waals surface area contributed by atoms with E-state index in [0.717, 1.165) is 230 Å². The van der Waals surface area contributed by atoms with Gasteiger partial charge < -0.3 is 97.0 Å². The number of phenols is 6. The van der Waals surface area contributed by atoms with Crippen LogP contribution < -0.4 is 66.3 Å². The highest BCUT2D eigenvalue weighted by Crippen LogP contribution is 2.54. The van der Waals surface area contributed by atoms with E-state index in [1.807, 2.05) is 55.5 Å². The van der Waals surface area contributed by atoms with Crippen molar-refractivity contribution in [2.45, 2.75) is 276 Å². The molecule has 10 aromatic carbocycles. The van der Waals surface area contributed by atoms with E-state index >= 15 is 0 Å². The number of fused-ring (bicyclic) bond motifs is 15. The third kappa shape index (κ3) is 19.8. The van der Waals surface area contributed by atoms with Gasteiger partial charge in [0, 0.05) is 116 Å². The summed E-state index contributed by atoms with van der Waals surface area (Å²) in [5, 5.41) is 62.2. The summed E-state index contributed by atoms with van der Waals surface area (Å²) in [4.78, 5) is 0. The number of phenolic OH excluding ortho intramolecular Hbond substituents is 6. The van der Waals surface area contributed by atoms with Gasteiger partial charge in [-0.25, -0.2) is 0 Å². The minimum Gasteiger partial charge on any atom is -0.508 e. The number of hydrogen-bond acceptors (Lipinski definition) is 20. The van der Waals surface area contributed by atoms with Crippen molar-refractivity contribution in [3.8, 4) is 115 Å². The Morgan fingerprint density at radius 2 is 0.614 bits per heavy atom. The number of hydrogen-bond donors (Lipinski definition) is 6. The first-order valence-electron chi connectivity index (χ1n) is 47.7. The van der Waals surface area contributed by atoms with Crippen LogP contribution in [-0.4, -0.2) is 120 Å². The van der Waals surface area contributed by atoms with E-state index in [1.54, 1.807) is 45.6 Å². The summed E-state index contributed by atoms with van der Waals surface area (Å²) in [6.07, 6.45) is 20.6. The zero-order valence-corrected chi connectivity index (χ0v) is 79.9. The highest BCUT2D eigenvalue weighted by Gasteiger charge is 2.43. The molecule has 0 bridgehead atoms. The molecule has 0 amide bonds. The summed E-state index contributed by atoms with van der Waals surface area (Å²) in [6.45, 7) is 28.4. The first kappa shape index (κ1) is 93.4. The summed E-state index contributed by atoms with van der Waals surface area (Å²) in [7, 11) is 6.32. The molecule has 10 aliphatic rings.